The highest BCUT2D eigenvalue weighted by atomic mass is 16.5. The quantitative estimate of drug-likeness (QED) is 0.900. The van der Waals surface area contributed by atoms with E-state index in [0.717, 1.165) is 0 Å². The average molecular weight is 329 g/mol. The van der Waals surface area contributed by atoms with Crippen LogP contribution in [0.4, 0.5) is 5.82 Å². The van der Waals surface area contributed by atoms with Gasteiger partial charge in [0.05, 0.1) is 5.56 Å². The van der Waals surface area contributed by atoms with Crippen molar-refractivity contribution >= 4 is 17.6 Å². The minimum atomic E-state index is -0.209. The number of amides is 2. The SMILES string of the molecule is Cc1cc(NC(=O)C2CCN(C(=O)c3ccccc3O)CC2)no1. The highest BCUT2D eigenvalue weighted by molar-refractivity contribution is 5.97. The fourth-order valence-corrected chi connectivity index (χ4v) is 2.82. The molecule has 1 aliphatic rings. The number of piperidine rings is 1. The Labute approximate surface area is 139 Å². The Morgan fingerprint density at radius 3 is 2.62 bits per heavy atom. The first kappa shape index (κ1) is 16.0. The van der Waals surface area contributed by atoms with Crippen molar-refractivity contribution in [2.24, 2.45) is 5.92 Å². The molecule has 1 aromatic heterocycles. The Kier molecular flexibility index (Phi) is 4.50. The van der Waals surface area contributed by atoms with Crippen LogP contribution in [0.5, 0.6) is 5.75 Å². The number of benzene rings is 1. The molecule has 0 aliphatic carbocycles. The maximum absolute atomic E-state index is 12.4. The zero-order valence-corrected chi connectivity index (χ0v) is 13.4. The zero-order chi connectivity index (χ0) is 17.1. The topological polar surface area (TPSA) is 95.7 Å². The number of aryl methyl sites for hydroxylation is 1. The van der Waals surface area contributed by atoms with Crippen LogP contribution < -0.4 is 5.32 Å². The highest BCUT2D eigenvalue weighted by Gasteiger charge is 2.29. The lowest BCUT2D eigenvalue weighted by Crippen LogP contribution is -2.41. The fraction of sp³-hybridized carbons (Fsp3) is 0.353. The summed E-state index contributed by atoms with van der Waals surface area (Å²) in [6.45, 7) is 2.71. The number of carbonyl (C=O) groups excluding carboxylic acids is 2. The number of aromatic hydroxyl groups is 1. The number of phenolic OH excluding ortho intramolecular Hbond substituents is 1. The van der Waals surface area contributed by atoms with Gasteiger partial charge in [0.2, 0.25) is 5.91 Å². The maximum Gasteiger partial charge on any atom is 0.257 e. The molecule has 0 saturated carbocycles. The van der Waals surface area contributed by atoms with Crippen LogP contribution in [0, 0.1) is 12.8 Å². The minimum absolute atomic E-state index is 0.0243. The minimum Gasteiger partial charge on any atom is -0.507 e. The third-order valence-corrected chi connectivity index (χ3v) is 4.17. The first-order chi connectivity index (χ1) is 11.5. The van der Waals surface area contributed by atoms with Crippen molar-refractivity contribution in [3.63, 3.8) is 0 Å². The fourth-order valence-electron chi connectivity index (χ4n) is 2.82. The molecule has 1 aliphatic heterocycles. The second-order valence-electron chi connectivity index (χ2n) is 5.90. The number of para-hydroxylation sites is 1. The summed E-state index contributed by atoms with van der Waals surface area (Å²) < 4.78 is 4.92. The van der Waals surface area contributed by atoms with Gasteiger partial charge in [0.1, 0.15) is 11.5 Å². The van der Waals surface area contributed by atoms with E-state index in [2.05, 4.69) is 10.5 Å². The third kappa shape index (κ3) is 3.40. The maximum atomic E-state index is 12.4. The van der Waals surface area contributed by atoms with Crippen LogP contribution in [-0.2, 0) is 4.79 Å². The van der Waals surface area contributed by atoms with E-state index in [1.165, 1.54) is 6.07 Å². The standard InChI is InChI=1S/C17H19N3O4/c1-11-10-15(19-24-11)18-16(22)12-6-8-20(9-7-12)17(23)13-4-2-3-5-14(13)21/h2-5,10,12,21H,6-9H2,1H3,(H,18,19,22). The van der Waals surface area contributed by atoms with Crippen molar-refractivity contribution in [2.75, 3.05) is 18.4 Å². The van der Waals surface area contributed by atoms with E-state index in [9.17, 15) is 14.7 Å². The van der Waals surface area contributed by atoms with Crippen molar-refractivity contribution in [1.29, 1.82) is 0 Å². The number of anilines is 1. The van der Waals surface area contributed by atoms with Gasteiger partial charge >= 0.3 is 0 Å². The van der Waals surface area contributed by atoms with Gasteiger partial charge in [-0.25, -0.2) is 0 Å². The molecule has 1 fully saturated rings. The highest BCUT2D eigenvalue weighted by Crippen LogP contribution is 2.23. The van der Waals surface area contributed by atoms with Crippen LogP contribution in [0.2, 0.25) is 0 Å². The molecule has 7 heteroatoms. The van der Waals surface area contributed by atoms with Crippen LogP contribution in [0.15, 0.2) is 34.9 Å². The Bertz CT molecular complexity index is 748. The molecule has 0 radical (unpaired) electrons. The van der Waals surface area contributed by atoms with E-state index in [4.69, 9.17) is 4.52 Å². The van der Waals surface area contributed by atoms with Crippen molar-refractivity contribution in [3.8, 4) is 5.75 Å². The van der Waals surface area contributed by atoms with Crippen molar-refractivity contribution < 1.29 is 19.2 Å². The van der Waals surface area contributed by atoms with Crippen molar-refractivity contribution in [3.05, 3.63) is 41.7 Å². The van der Waals surface area contributed by atoms with E-state index in [0.29, 0.717) is 43.1 Å². The molecule has 3 rings (SSSR count). The predicted octanol–water partition coefficient (Wildman–Crippen LogP) is 2.18. The lowest BCUT2D eigenvalue weighted by molar-refractivity contribution is -0.121. The molecular weight excluding hydrogens is 310 g/mol. The Hall–Kier alpha value is -2.83. The molecule has 0 unspecified atom stereocenters. The van der Waals surface area contributed by atoms with E-state index in [1.54, 1.807) is 36.1 Å². The molecule has 2 N–H and O–H groups in total. The lowest BCUT2D eigenvalue weighted by atomic mass is 9.95. The molecule has 0 spiro atoms. The lowest BCUT2D eigenvalue weighted by Gasteiger charge is -2.31. The molecule has 0 bridgehead atoms. The summed E-state index contributed by atoms with van der Waals surface area (Å²) in [4.78, 5) is 26.3. The first-order valence-corrected chi connectivity index (χ1v) is 7.86. The number of aromatic nitrogens is 1. The molecule has 7 nitrogen and oxygen atoms in total. The van der Waals surface area contributed by atoms with E-state index < -0.39 is 0 Å². The largest absolute Gasteiger partial charge is 0.507 e. The smallest absolute Gasteiger partial charge is 0.257 e. The normalized spacial score (nSPS) is 15.3. The number of rotatable bonds is 3. The Morgan fingerprint density at radius 2 is 2.00 bits per heavy atom. The summed E-state index contributed by atoms with van der Waals surface area (Å²) in [6.07, 6.45) is 1.14. The summed E-state index contributed by atoms with van der Waals surface area (Å²) in [7, 11) is 0. The second kappa shape index (κ2) is 6.74. The van der Waals surface area contributed by atoms with Gasteiger partial charge in [0, 0.05) is 25.1 Å². The van der Waals surface area contributed by atoms with Gasteiger partial charge in [0.15, 0.2) is 5.82 Å². The van der Waals surface area contributed by atoms with Gasteiger partial charge in [0.25, 0.3) is 5.91 Å². The summed E-state index contributed by atoms with van der Waals surface area (Å²) >= 11 is 0. The van der Waals surface area contributed by atoms with E-state index >= 15 is 0 Å². The van der Waals surface area contributed by atoms with Crippen LogP contribution in [0.3, 0.4) is 0 Å². The van der Waals surface area contributed by atoms with E-state index in [-0.39, 0.29) is 23.5 Å². The average Bonchev–Trinajstić information content (AvgIpc) is 2.99. The van der Waals surface area contributed by atoms with E-state index in [1.807, 2.05) is 0 Å². The molecule has 1 saturated heterocycles. The number of phenols is 1. The molecule has 2 amide bonds. The van der Waals surface area contributed by atoms with Gasteiger partial charge in [-0.1, -0.05) is 17.3 Å². The number of hydrogen-bond acceptors (Lipinski definition) is 5. The predicted molar refractivity (Wildman–Crippen MR) is 86.6 cm³/mol. The molecule has 2 heterocycles. The van der Waals surface area contributed by atoms with Crippen LogP contribution in [-0.4, -0.2) is 40.1 Å². The van der Waals surface area contributed by atoms with Crippen molar-refractivity contribution in [2.45, 2.75) is 19.8 Å². The van der Waals surface area contributed by atoms with Gasteiger partial charge < -0.3 is 19.8 Å². The van der Waals surface area contributed by atoms with Gasteiger partial charge in [-0.3, -0.25) is 9.59 Å². The molecule has 2 aromatic rings. The summed E-state index contributed by atoms with van der Waals surface area (Å²) in [5, 5.41) is 16.3. The second-order valence-corrected chi connectivity index (χ2v) is 5.90. The van der Waals surface area contributed by atoms with Crippen LogP contribution in [0.1, 0.15) is 29.0 Å². The first-order valence-electron chi connectivity index (χ1n) is 7.86. The Balaban J connectivity index is 1.56. The zero-order valence-electron chi connectivity index (χ0n) is 13.4. The summed E-state index contributed by atoms with van der Waals surface area (Å²) in [6, 6.07) is 8.15. The molecule has 24 heavy (non-hydrogen) atoms. The van der Waals surface area contributed by atoms with Gasteiger partial charge in [-0.2, -0.15) is 0 Å². The number of carbonyl (C=O) groups is 2. The van der Waals surface area contributed by atoms with Gasteiger partial charge in [-0.05, 0) is 31.9 Å². The summed E-state index contributed by atoms with van der Waals surface area (Å²) in [5.74, 6) is 0.523. The van der Waals surface area contributed by atoms with Crippen molar-refractivity contribution in [1.82, 2.24) is 10.1 Å². The Morgan fingerprint density at radius 1 is 1.29 bits per heavy atom. The van der Waals surface area contributed by atoms with Crippen LogP contribution in [0.25, 0.3) is 0 Å². The third-order valence-electron chi connectivity index (χ3n) is 4.17. The summed E-state index contributed by atoms with van der Waals surface area (Å²) in [5.41, 5.74) is 0.290. The number of nitrogens with zero attached hydrogens (tertiary/aromatic N) is 2. The molecule has 0 atom stereocenters. The molecule has 126 valence electrons. The van der Waals surface area contributed by atoms with Crippen LogP contribution >= 0.6 is 0 Å². The molecular formula is C17H19N3O4. The van der Waals surface area contributed by atoms with Gasteiger partial charge in [-0.15, -0.1) is 0 Å². The molecule has 1 aromatic carbocycles. The number of nitrogens with one attached hydrogen (secondary N) is 1. The monoisotopic (exact) mass is 329 g/mol. The number of hydrogen-bond donors (Lipinski definition) is 2. The number of likely N-dealkylation sites (tertiary alicyclic amines) is 1.